The first-order valence-corrected chi connectivity index (χ1v) is 8.85. The topological polar surface area (TPSA) is 76.1 Å². The van der Waals surface area contributed by atoms with E-state index in [-0.39, 0.29) is 11.9 Å². The summed E-state index contributed by atoms with van der Waals surface area (Å²) in [5, 5.41) is 6.06. The van der Waals surface area contributed by atoms with Crippen molar-refractivity contribution in [1.82, 2.24) is 15.3 Å². The summed E-state index contributed by atoms with van der Waals surface area (Å²) in [6.07, 6.45) is 1.56. The van der Waals surface area contributed by atoms with Crippen LogP contribution in [-0.4, -0.2) is 22.5 Å². The van der Waals surface area contributed by atoms with Gasteiger partial charge in [0.05, 0.1) is 18.3 Å². The second-order valence-corrected chi connectivity index (χ2v) is 5.93. The largest absolute Gasteiger partial charge is 0.492 e. The quantitative estimate of drug-likeness (QED) is 0.661. The molecule has 1 aromatic heterocycles. The Bertz CT molecular complexity index is 899. The summed E-state index contributed by atoms with van der Waals surface area (Å²) in [6, 6.07) is 18.8. The zero-order valence-corrected chi connectivity index (χ0v) is 15.3. The average molecular weight is 362 g/mol. The summed E-state index contributed by atoms with van der Waals surface area (Å²) in [5.74, 6) is 0.785. The van der Waals surface area contributed by atoms with Gasteiger partial charge in [-0.25, -0.2) is 9.97 Å². The molecule has 0 aliphatic carbocycles. The normalized spacial score (nSPS) is 11.5. The van der Waals surface area contributed by atoms with Crippen LogP contribution in [0.15, 0.2) is 66.9 Å². The van der Waals surface area contributed by atoms with E-state index in [1.54, 1.807) is 12.3 Å². The molecule has 0 saturated carbocycles. The van der Waals surface area contributed by atoms with Crippen LogP contribution in [-0.2, 0) is 0 Å². The molecular formula is C21H22N4O2. The number of carbonyl (C=O) groups is 1. The maximum Gasteiger partial charge on any atom is 0.270 e. The molecule has 1 unspecified atom stereocenters. The minimum Gasteiger partial charge on any atom is -0.492 e. The van der Waals surface area contributed by atoms with Crippen LogP contribution in [0.4, 0.5) is 11.6 Å². The van der Waals surface area contributed by atoms with E-state index in [2.05, 4.69) is 20.6 Å². The number of anilines is 2. The number of carbonyl (C=O) groups excluding carboxylic acids is 1. The molecule has 1 atom stereocenters. The Labute approximate surface area is 158 Å². The van der Waals surface area contributed by atoms with Crippen molar-refractivity contribution in [1.29, 1.82) is 0 Å². The molecule has 2 aromatic carbocycles. The predicted molar refractivity (Wildman–Crippen MR) is 105 cm³/mol. The maximum atomic E-state index is 12.5. The fraction of sp³-hybridized carbons (Fsp3) is 0.190. The highest BCUT2D eigenvalue weighted by molar-refractivity contribution is 5.92. The second-order valence-electron chi connectivity index (χ2n) is 5.93. The molecule has 3 aromatic rings. The molecular weight excluding hydrogens is 340 g/mol. The van der Waals surface area contributed by atoms with E-state index in [1.165, 1.54) is 0 Å². The van der Waals surface area contributed by atoms with E-state index < -0.39 is 0 Å². The molecule has 3 rings (SSSR count). The Balaban J connectivity index is 1.73. The zero-order valence-electron chi connectivity index (χ0n) is 15.3. The first-order chi connectivity index (χ1) is 13.2. The summed E-state index contributed by atoms with van der Waals surface area (Å²) < 4.78 is 5.59. The van der Waals surface area contributed by atoms with Gasteiger partial charge in [0.2, 0.25) is 5.95 Å². The van der Waals surface area contributed by atoms with Crippen molar-refractivity contribution in [3.8, 4) is 5.75 Å². The highest BCUT2D eigenvalue weighted by Crippen LogP contribution is 2.26. The number of aromatic nitrogens is 2. The predicted octanol–water partition coefficient (Wildman–Crippen LogP) is 4.11. The Morgan fingerprint density at radius 2 is 1.81 bits per heavy atom. The molecule has 138 valence electrons. The Kier molecular flexibility index (Phi) is 5.99. The third-order valence-electron chi connectivity index (χ3n) is 3.97. The number of benzene rings is 2. The smallest absolute Gasteiger partial charge is 0.270 e. The minimum absolute atomic E-state index is 0.122. The van der Waals surface area contributed by atoms with E-state index in [0.717, 1.165) is 11.3 Å². The van der Waals surface area contributed by atoms with Gasteiger partial charge in [0.1, 0.15) is 11.4 Å². The molecule has 0 spiro atoms. The fourth-order valence-electron chi connectivity index (χ4n) is 2.61. The number of rotatable bonds is 7. The number of ether oxygens (including phenoxy) is 1. The van der Waals surface area contributed by atoms with Gasteiger partial charge in [-0.15, -0.1) is 0 Å². The van der Waals surface area contributed by atoms with E-state index in [4.69, 9.17) is 4.74 Å². The molecule has 0 aliphatic rings. The molecule has 1 heterocycles. The molecule has 0 bridgehead atoms. The molecule has 0 fully saturated rings. The van der Waals surface area contributed by atoms with Gasteiger partial charge in [0, 0.05) is 6.20 Å². The number of nitrogens with one attached hydrogen (secondary N) is 2. The van der Waals surface area contributed by atoms with Gasteiger partial charge in [0.15, 0.2) is 0 Å². The molecule has 0 aliphatic heterocycles. The fourth-order valence-corrected chi connectivity index (χ4v) is 2.61. The van der Waals surface area contributed by atoms with Gasteiger partial charge in [-0.05, 0) is 37.6 Å². The van der Waals surface area contributed by atoms with Crippen LogP contribution in [0.5, 0.6) is 5.75 Å². The monoisotopic (exact) mass is 362 g/mol. The van der Waals surface area contributed by atoms with Crippen LogP contribution in [0.3, 0.4) is 0 Å². The average Bonchev–Trinajstić information content (AvgIpc) is 2.70. The van der Waals surface area contributed by atoms with E-state index in [1.807, 2.05) is 68.4 Å². The van der Waals surface area contributed by atoms with E-state index in [0.29, 0.717) is 24.0 Å². The first-order valence-electron chi connectivity index (χ1n) is 8.85. The lowest BCUT2D eigenvalue weighted by molar-refractivity contribution is 0.0935. The van der Waals surface area contributed by atoms with Gasteiger partial charge in [-0.1, -0.05) is 42.5 Å². The number of amides is 1. The standard InChI is InChI=1S/C21H22N4O2/c1-3-27-19-12-8-7-11-17(19)24-21-22-14-13-18(25-21)20(26)23-15(2)16-9-5-4-6-10-16/h4-15H,3H2,1-2H3,(H,23,26)(H,22,24,25). The Morgan fingerprint density at radius 3 is 2.59 bits per heavy atom. The molecule has 0 radical (unpaired) electrons. The summed E-state index contributed by atoms with van der Waals surface area (Å²) in [4.78, 5) is 21.1. The summed E-state index contributed by atoms with van der Waals surface area (Å²) in [5.41, 5.74) is 2.07. The van der Waals surface area contributed by atoms with Crippen LogP contribution in [0, 0.1) is 0 Å². The number of hydrogen-bond donors (Lipinski definition) is 2. The van der Waals surface area contributed by atoms with Crippen molar-refractivity contribution in [2.45, 2.75) is 19.9 Å². The first kappa shape index (κ1) is 18.4. The molecule has 6 heteroatoms. The lowest BCUT2D eigenvalue weighted by Gasteiger charge is -2.14. The van der Waals surface area contributed by atoms with Crippen molar-refractivity contribution in [3.05, 3.63) is 78.1 Å². The molecule has 0 saturated heterocycles. The van der Waals surface area contributed by atoms with Crippen molar-refractivity contribution in [2.24, 2.45) is 0 Å². The SMILES string of the molecule is CCOc1ccccc1Nc1nccc(C(=O)NC(C)c2ccccc2)n1. The molecule has 6 nitrogen and oxygen atoms in total. The lowest BCUT2D eigenvalue weighted by atomic mass is 10.1. The van der Waals surface area contributed by atoms with Crippen molar-refractivity contribution >= 4 is 17.5 Å². The zero-order chi connectivity index (χ0) is 19.1. The number of hydrogen-bond acceptors (Lipinski definition) is 5. The van der Waals surface area contributed by atoms with Gasteiger partial charge in [-0.3, -0.25) is 4.79 Å². The highest BCUT2D eigenvalue weighted by atomic mass is 16.5. The molecule has 2 N–H and O–H groups in total. The van der Waals surface area contributed by atoms with Gasteiger partial charge < -0.3 is 15.4 Å². The summed E-state index contributed by atoms with van der Waals surface area (Å²) in [6.45, 7) is 4.41. The van der Waals surface area contributed by atoms with Gasteiger partial charge in [-0.2, -0.15) is 0 Å². The summed E-state index contributed by atoms with van der Waals surface area (Å²) >= 11 is 0. The molecule has 27 heavy (non-hydrogen) atoms. The Morgan fingerprint density at radius 1 is 1.07 bits per heavy atom. The maximum absolute atomic E-state index is 12.5. The number of para-hydroxylation sites is 2. The van der Waals surface area contributed by atoms with Crippen LogP contribution in [0.2, 0.25) is 0 Å². The second kappa shape index (κ2) is 8.80. The van der Waals surface area contributed by atoms with E-state index >= 15 is 0 Å². The lowest BCUT2D eigenvalue weighted by Crippen LogP contribution is -2.27. The van der Waals surface area contributed by atoms with Gasteiger partial charge >= 0.3 is 0 Å². The minimum atomic E-state index is -0.255. The number of nitrogens with zero attached hydrogens (tertiary/aromatic N) is 2. The van der Waals surface area contributed by atoms with Crippen LogP contribution in [0.25, 0.3) is 0 Å². The van der Waals surface area contributed by atoms with Crippen LogP contribution < -0.4 is 15.4 Å². The summed E-state index contributed by atoms with van der Waals surface area (Å²) in [7, 11) is 0. The molecule has 1 amide bonds. The van der Waals surface area contributed by atoms with Crippen LogP contribution in [0.1, 0.15) is 35.9 Å². The highest BCUT2D eigenvalue weighted by Gasteiger charge is 2.14. The van der Waals surface area contributed by atoms with Crippen LogP contribution >= 0.6 is 0 Å². The van der Waals surface area contributed by atoms with Crippen molar-refractivity contribution in [2.75, 3.05) is 11.9 Å². The third-order valence-corrected chi connectivity index (χ3v) is 3.97. The third kappa shape index (κ3) is 4.82. The van der Waals surface area contributed by atoms with Crippen molar-refractivity contribution in [3.63, 3.8) is 0 Å². The Hall–Kier alpha value is -3.41. The van der Waals surface area contributed by atoms with E-state index in [9.17, 15) is 4.79 Å². The van der Waals surface area contributed by atoms with Gasteiger partial charge in [0.25, 0.3) is 5.91 Å². The van der Waals surface area contributed by atoms with Crippen molar-refractivity contribution < 1.29 is 9.53 Å².